The fourth-order valence-corrected chi connectivity index (χ4v) is 6.58. The molecule has 1 aromatic carbocycles. The van der Waals surface area contributed by atoms with E-state index in [1.807, 2.05) is 51.1 Å². The van der Waals surface area contributed by atoms with Crippen LogP contribution in [0.5, 0.6) is 0 Å². The van der Waals surface area contributed by atoms with Crippen molar-refractivity contribution < 1.29 is 4.79 Å². The van der Waals surface area contributed by atoms with Crippen molar-refractivity contribution in [3.63, 3.8) is 0 Å². The summed E-state index contributed by atoms with van der Waals surface area (Å²) in [6, 6.07) is 9.61. The molecule has 5 nitrogen and oxygen atoms in total. The monoisotopic (exact) mass is 483 g/mol. The Morgan fingerprint density at radius 3 is 2.52 bits per heavy atom. The van der Waals surface area contributed by atoms with Gasteiger partial charge in [-0.05, 0) is 69.1 Å². The molecule has 7 heteroatoms. The average Bonchev–Trinajstić information content (AvgIpc) is 3.09. The van der Waals surface area contributed by atoms with E-state index in [4.69, 9.17) is 4.98 Å². The molecule has 0 fully saturated rings. The first-order chi connectivity index (χ1) is 15.4. The van der Waals surface area contributed by atoms with Crippen LogP contribution in [0.1, 0.15) is 58.4 Å². The van der Waals surface area contributed by atoms with Crippen molar-refractivity contribution in [3.05, 3.63) is 51.1 Å². The highest BCUT2D eigenvalue weighted by molar-refractivity contribution is 7.99. The van der Waals surface area contributed by atoms with Crippen molar-refractivity contribution in [2.45, 2.75) is 71.5 Å². The zero-order chi connectivity index (χ0) is 24.0. The molecule has 0 saturated heterocycles. The van der Waals surface area contributed by atoms with E-state index < -0.39 is 0 Å². The van der Waals surface area contributed by atoms with Crippen molar-refractivity contribution >= 4 is 39.2 Å². The van der Waals surface area contributed by atoms with E-state index in [1.54, 1.807) is 15.9 Å². The highest BCUT2D eigenvalue weighted by Crippen LogP contribution is 2.42. The number of amides is 1. The van der Waals surface area contributed by atoms with Gasteiger partial charge in [0.05, 0.1) is 16.8 Å². The van der Waals surface area contributed by atoms with Gasteiger partial charge in [0.25, 0.3) is 5.56 Å². The zero-order valence-corrected chi connectivity index (χ0v) is 22.0. The van der Waals surface area contributed by atoms with E-state index in [0.717, 1.165) is 35.2 Å². The van der Waals surface area contributed by atoms with E-state index in [2.05, 4.69) is 26.1 Å². The second-order valence-corrected chi connectivity index (χ2v) is 13.0. The topological polar surface area (TPSA) is 64.0 Å². The van der Waals surface area contributed by atoms with Gasteiger partial charge in [0, 0.05) is 10.4 Å². The first kappa shape index (κ1) is 24.0. The van der Waals surface area contributed by atoms with Gasteiger partial charge in [0.2, 0.25) is 5.91 Å². The molecule has 0 unspecified atom stereocenters. The third-order valence-electron chi connectivity index (χ3n) is 6.14. The number of hydrogen-bond acceptors (Lipinski definition) is 5. The molecule has 1 atom stereocenters. The van der Waals surface area contributed by atoms with Crippen molar-refractivity contribution in [3.8, 4) is 5.69 Å². The lowest BCUT2D eigenvalue weighted by Crippen LogP contribution is -2.41. The quantitative estimate of drug-likeness (QED) is 0.387. The van der Waals surface area contributed by atoms with E-state index in [1.165, 1.54) is 22.2 Å². The predicted molar refractivity (Wildman–Crippen MR) is 139 cm³/mol. The van der Waals surface area contributed by atoms with Gasteiger partial charge in [0.15, 0.2) is 5.16 Å². The molecule has 0 aliphatic heterocycles. The Morgan fingerprint density at radius 1 is 1.18 bits per heavy atom. The first-order valence-corrected chi connectivity index (χ1v) is 13.3. The number of thioether (sulfide) groups is 1. The highest BCUT2D eigenvalue weighted by Gasteiger charge is 2.32. The van der Waals surface area contributed by atoms with Gasteiger partial charge in [-0.2, -0.15) is 0 Å². The number of carbonyl (C=O) groups is 1. The summed E-state index contributed by atoms with van der Waals surface area (Å²) in [6.07, 6.45) is 3.02. The average molecular weight is 484 g/mol. The molecule has 2 aromatic heterocycles. The molecule has 1 amide bonds. The molecule has 0 radical (unpaired) electrons. The summed E-state index contributed by atoms with van der Waals surface area (Å²) < 4.78 is 1.68. The van der Waals surface area contributed by atoms with Crippen LogP contribution in [0.4, 0.5) is 0 Å². The number of thiophene rings is 1. The van der Waals surface area contributed by atoms with Crippen LogP contribution < -0.4 is 10.9 Å². The summed E-state index contributed by atoms with van der Waals surface area (Å²) >= 11 is 2.97. The smallest absolute Gasteiger partial charge is 0.267 e. The van der Waals surface area contributed by atoms with E-state index in [9.17, 15) is 9.59 Å². The number of para-hydroxylation sites is 1. The van der Waals surface area contributed by atoms with E-state index in [-0.39, 0.29) is 28.2 Å². The van der Waals surface area contributed by atoms with Crippen LogP contribution in [0.2, 0.25) is 0 Å². The van der Waals surface area contributed by atoms with Crippen LogP contribution in [0.3, 0.4) is 0 Å². The maximum absolute atomic E-state index is 13.9. The molecule has 1 aliphatic rings. The Hall–Kier alpha value is -2.12. The molecule has 33 heavy (non-hydrogen) atoms. The lowest BCUT2D eigenvalue weighted by molar-refractivity contribution is -0.119. The number of aryl methyl sites for hydroxylation is 1. The largest absolute Gasteiger partial charge is 0.351 e. The van der Waals surface area contributed by atoms with Gasteiger partial charge in [0.1, 0.15) is 4.83 Å². The number of fused-ring (bicyclic) bond motifs is 3. The second kappa shape index (κ2) is 8.91. The molecule has 1 aliphatic carbocycles. The highest BCUT2D eigenvalue weighted by atomic mass is 32.2. The van der Waals surface area contributed by atoms with Crippen LogP contribution in [-0.2, 0) is 17.6 Å². The Labute approximate surface area is 204 Å². The molecular weight excluding hydrogens is 450 g/mol. The summed E-state index contributed by atoms with van der Waals surface area (Å²) in [7, 11) is 0. The Kier molecular flexibility index (Phi) is 6.49. The number of aromatic nitrogens is 2. The first-order valence-electron chi connectivity index (χ1n) is 11.5. The fraction of sp³-hybridized carbons (Fsp3) is 0.500. The van der Waals surface area contributed by atoms with Crippen LogP contribution in [0, 0.1) is 11.3 Å². The Balaban J connectivity index is 1.79. The minimum atomic E-state index is -0.301. The van der Waals surface area contributed by atoms with Crippen molar-refractivity contribution in [2.24, 2.45) is 11.3 Å². The molecule has 4 rings (SSSR count). The van der Waals surface area contributed by atoms with Gasteiger partial charge in [-0.1, -0.05) is 50.7 Å². The van der Waals surface area contributed by atoms with Gasteiger partial charge in [-0.25, -0.2) is 4.98 Å². The van der Waals surface area contributed by atoms with Gasteiger partial charge in [-0.15, -0.1) is 11.3 Å². The standard InChI is InChI=1S/C26H33N3O2S2/c1-25(2,3)16-12-13-18-19(14-16)33-22-21(18)23(31)29(17-10-8-7-9-11-17)24(27-22)32-15-20(30)28-26(4,5)6/h7-11,16H,12-15H2,1-6H3,(H,28,30)/t16-/m1/s1. The van der Waals surface area contributed by atoms with Crippen LogP contribution in [0.25, 0.3) is 15.9 Å². The SMILES string of the molecule is CC(C)(C)NC(=O)CSc1nc2sc3c(c2c(=O)n1-c1ccccc1)CC[C@@H](C(C)(C)C)C3. The molecule has 0 spiro atoms. The minimum Gasteiger partial charge on any atom is -0.351 e. The van der Waals surface area contributed by atoms with Gasteiger partial charge in [-0.3, -0.25) is 14.2 Å². The van der Waals surface area contributed by atoms with Gasteiger partial charge < -0.3 is 5.32 Å². The van der Waals surface area contributed by atoms with Crippen molar-refractivity contribution in [2.75, 3.05) is 5.75 Å². The number of carbonyl (C=O) groups excluding carboxylic acids is 1. The third kappa shape index (κ3) is 5.19. The van der Waals surface area contributed by atoms with Crippen LogP contribution in [-0.4, -0.2) is 26.8 Å². The summed E-state index contributed by atoms with van der Waals surface area (Å²) in [5.74, 6) is 0.739. The van der Waals surface area contributed by atoms with Gasteiger partial charge >= 0.3 is 0 Å². The maximum Gasteiger partial charge on any atom is 0.267 e. The lowest BCUT2D eigenvalue weighted by Gasteiger charge is -2.33. The number of nitrogens with one attached hydrogen (secondary N) is 1. The lowest BCUT2D eigenvalue weighted by atomic mass is 9.72. The maximum atomic E-state index is 13.9. The molecule has 3 aromatic rings. The molecule has 1 N–H and O–H groups in total. The third-order valence-corrected chi connectivity index (χ3v) is 8.22. The molecule has 0 saturated carbocycles. The van der Waals surface area contributed by atoms with Crippen molar-refractivity contribution in [1.29, 1.82) is 0 Å². The number of benzene rings is 1. The Morgan fingerprint density at radius 2 is 1.88 bits per heavy atom. The summed E-state index contributed by atoms with van der Waals surface area (Å²) in [6.45, 7) is 12.8. The minimum absolute atomic E-state index is 0.0309. The number of hydrogen-bond donors (Lipinski definition) is 1. The summed E-state index contributed by atoms with van der Waals surface area (Å²) in [5.41, 5.74) is 1.87. The molecule has 0 bridgehead atoms. The fourth-order valence-electron chi connectivity index (χ4n) is 4.43. The zero-order valence-electron chi connectivity index (χ0n) is 20.3. The molecule has 2 heterocycles. The van der Waals surface area contributed by atoms with Crippen LogP contribution in [0.15, 0.2) is 40.3 Å². The molecule has 176 valence electrons. The molecular formula is C26H33N3O2S2. The Bertz CT molecular complexity index is 1230. The second-order valence-electron chi connectivity index (χ2n) is 10.9. The van der Waals surface area contributed by atoms with Crippen LogP contribution >= 0.6 is 23.1 Å². The van der Waals surface area contributed by atoms with Crippen molar-refractivity contribution in [1.82, 2.24) is 14.9 Å². The van der Waals surface area contributed by atoms with E-state index >= 15 is 0 Å². The number of rotatable bonds is 4. The summed E-state index contributed by atoms with van der Waals surface area (Å²) in [4.78, 5) is 33.4. The summed E-state index contributed by atoms with van der Waals surface area (Å²) in [5, 5.41) is 4.31. The van der Waals surface area contributed by atoms with E-state index in [0.29, 0.717) is 11.1 Å². The normalized spacial score (nSPS) is 16.6. The predicted octanol–water partition coefficient (Wildman–Crippen LogP) is 5.61. The number of nitrogens with zero attached hydrogens (tertiary/aromatic N) is 2.